The van der Waals surface area contributed by atoms with E-state index in [-0.39, 0.29) is 19.8 Å². The Morgan fingerprint density at radius 3 is 0.429 bits per heavy atom. The molecule has 21 heteroatoms. The fourth-order valence-electron chi connectivity index (χ4n) is 0. The molecule has 0 unspecified atom stereocenters. The van der Waals surface area contributed by atoms with Crippen molar-refractivity contribution in [3.8, 4) is 0 Å². The third kappa shape index (κ3) is 488000. The van der Waals surface area contributed by atoms with Crippen LogP contribution in [0.2, 0.25) is 0 Å². The molecule has 0 saturated carbocycles. The van der Waals surface area contributed by atoms with Crippen LogP contribution in [0.3, 0.4) is 0 Å². The second-order valence-electron chi connectivity index (χ2n) is 1.97. The van der Waals surface area contributed by atoms with Crippen LogP contribution in [0.1, 0.15) is 0 Å². The van der Waals surface area contributed by atoms with E-state index in [9.17, 15) is 0 Å². The van der Waals surface area contributed by atoms with Crippen LogP contribution in [0.4, 0.5) is 0 Å². The van der Waals surface area contributed by atoms with Gasteiger partial charge in [0.15, 0.2) is 41.2 Å². The molecule has 132 valence electrons. The first-order chi connectivity index (χ1) is 8.00. The molecule has 16 nitrogen and oxygen atoms in total. The summed E-state index contributed by atoms with van der Waals surface area (Å²) in [5.74, 6) is 0. The third-order valence-corrected chi connectivity index (χ3v) is 0. The van der Waals surface area contributed by atoms with Gasteiger partial charge in [-0.05, 0) is 0 Å². The minimum atomic E-state index is -4.42. The maximum Gasteiger partial charge on any atom is 4.00 e. The van der Waals surface area contributed by atoms with E-state index in [4.69, 9.17) is 51.9 Å². The van der Waals surface area contributed by atoms with Crippen LogP contribution in [0.25, 0.3) is 0 Å². The zero-order valence-corrected chi connectivity index (χ0v) is 15.0. The van der Waals surface area contributed by atoms with Crippen molar-refractivity contribution in [3.63, 3.8) is 0 Å². The fourth-order valence-corrected chi connectivity index (χ4v) is 0. The Balaban J connectivity index is -0.0000000533. The topological polar surface area (TPSA) is 333 Å². The van der Waals surface area contributed by atoms with E-state index in [0.717, 1.165) is 0 Å². The zero-order valence-electron chi connectivity index (χ0n) is 9.19. The quantitative estimate of drug-likeness (QED) is 0.196. The standard InChI is InChI=1S/4H3NO3S.Os/c4*1-5(2,3)4;/h4*(H3,1,2,3,4);/q;;;;+4/p-4. The predicted octanol–water partition coefficient (Wildman–Crippen LogP) is -6.38. The summed E-state index contributed by atoms with van der Waals surface area (Å²) in [6.07, 6.45) is 0. The fraction of sp³-hybridized carbons (Fsp3) is 0. The molecule has 0 bridgehead atoms. The predicted molar refractivity (Wildman–Crippen MR) is 55.5 cm³/mol. The molecule has 0 atom stereocenters. The molecule has 0 heterocycles. The first-order valence-corrected chi connectivity index (χ1v) is 8.83. The van der Waals surface area contributed by atoms with Gasteiger partial charge < -0.3 is 18.2 Å². The van der Waals surface area contributed by atoms with Gasteiger partial charge in [-0.25, -0.2) is 54.2 Å². The average molecular weight is 575 g/mol. The van der Waals surface area contributed by atoms with Crippen LogP contribution in [-0.2, 0) is 61.0 Å². The van der Waals surface area contributed by atoms with E-state index in [0.29, 0.717) is 0 Å². The van der Waals surface area contributed by atoms with Gasteiger partial charge in [-0.2, -0.15) is 0 Å². The number of nitrogens with two attached hydrogens (primary N) is 4. The normalized spacial score (nSPS) is 11.0. The van der Waals surface area contributed by atoms with E-state index in [1.807, 2.05) is 0 Å². The summed E-state index contributed by atoms with van der Waals surface area (Å²) in [5, 5.41) is 15.1. The molecule has 0 rings (SSSR count). The Hall–Kier alpha value is 0.116. The zero-order chi connectivity index (χ0) is 18.0. The van der Waals surface area contributed by atoms with Gasteiger partial charge in [0, 0.05) is 0 Å². The molecule has 0 aliphatic heterocycles. The second-order valence-corrected chi connectivity index (χ2v) is 5.91. The van der Waals surface area contributed by atoms with Crippen LogP contribution in [0.5, 0.6) is 0 Å². The molecule has 0 aromatic heterocycles. The molecule has 0 amide bonds. The van der Waals surface area contributed by atoms with Gasteiger partial charge in [-0.1, -0.05) is 0 Å². The molecule has 0 radical (unpaired) electrons. The maximum absolute atomic E-state index is 8.85. The average Bonchev–Trinajstić information content (AvgIpc) is 1.62. The summed E-state index contributed by atoms with van der Waals surface area (Å²) in [7, 11) is -17.7. The Bertz CT molecular complexity index is 486. The van der Waals surface area contributed by atoms with E-state index >= 15 is 0 Å². The molecule has 0 aliphatic carbocycles. The third-order valence-electron chi connectivity index (χ3n) is 0. The van der Waals surface area contributed by atoms with Crippen molar-refractivity contribution in [1.29, 1.82) is 0 Å². The Morgan fingerprint density at radius 2 is 0.429 bits per heavy atom. The monoisotopic (exact) mass is 576 g/mol. The molecule has 8 N–H and O–H groups in total. The molecule has 0 fully saturated rings. The minimum absolute atomic E-state index is 0. The SMILES string of the molecule is NS(=O)(=O)[O-].NS(=O)(=O)[O-].NS(=O)(=O)[O-].NS(=O)(=O)[O-].[Os+4]. The molecular formula is H8N4O12OsS4. The maximum atomic E-state index is 8.85. The summed E-state index contributed by atoms with van der Waals surface area (Å²) in [5.41, 5.74) is 0. The van der Waals surface area contributed by atoms with Gasteiger partial charge in [-0.15, -0.1) is 0 Å². The van der Waals surface area contributed by atoms with Crippen molar-refractivity contribution < 1.29 is 71.7 Å². The van der Waals surface area contributed by atoms with E-state index in [2.05, 4.69) is 20.6 Å². The largest absolute Gasteiger partial charge is 4.00 e. The summed E-state index contributed by atoms with van der Waals surface area (Å²) >= 11 is 0. The van der Waals surface area contributed by atoms with Gasteiger partial charge in [0.2, 0.25) is 0 Å². The minimum Gasteiger partial charge on any atom is -0.736 e. The van der Waals surface area contributed by atoms with Gasteiger partial charge in [0.25, 0.3) is 0 Å². The first-order valence-electron chi connectivity index (χ1n) is 2.94. The Morgan fingerprint density at radius 1 is 0.429 bits per heavy atom. The molecule has 0 saturated heterocycles. The number of hydrogen-bond donors (Lipinski definition) is 4. The van der Waals surface area contributed by atoms with Crippen molar-refractivity contribution in [2.75, 3.05) is 0 Å². The van der Waals surface area contributed by atoms with Crippen LogP contribution >= 0.6 is 0 Å². The Kier molecular flexibility index (Phi) is 19.8. The molecular weight excluding hydrogens is 567 g/mol. The summed E-state index contributed by atoms with van der Waals surface area (Å²) in [6.45, 7) is 0. The van der Waals surface area contributed by atoms with Gasteiger partial charge >= 0.3 is 19.8 Å². The molecule has 0 aromatic carbocycles. The van der Waals surface area contributed by atoms with Crippen molar-refractivity contribution in [3.05, 3.63) is 0 Å². The number of hydrogen-bond acceptors (Lipinski definition) is 12. The van der Waals surface area contributed by atoms with Gasteiger partial charge in [0.05, 0.1) is 0 Å². The van der Waals surface area contributed by atoms with Crippen molar-refractivity contribution in [2.24, 2.45) is 20.6 Å². The molecule has 0 aliphatic rings. The van der Waals surface area contributed by atoms with E-state index in [1.165, 1.54) is 0 Å². The molecule has 21 heavy (non-hydrogen) atoms. The molecule has 0 aromatic rings. The first kappa shape index (κ1) is 32.9. The van der Waals surface area contributed by atoms with Crippen LogP contribution in [0.15, 0.2) is 0 Å². The van der Waals surface area contributed by atoms with Crippen molar-refractivity contribution in [2.45, 2.75) is 0 Å². The molecule has 0 spiro atoms. The number of rotatable bonds is 0. The summed E-state index contributed by atoms with van der Waals surface area (Å²) in [4.78, 5) is 0. The second kappa shape index (κ2) is 12.6. The summed E-state index contributed by atoms with van der Waals surface area (Å²) in [6, 6.07) is 0. The van der Waals surface area contributed by atoms with Crippen molar-refractivity contribution >= 4 is 41.2 Å². The Labute approximate surface area is 133 Å². The van der Waals surface area contributed by atoms with Crippen LogP contribution in [-0.4, -0.2) is 51.9 Å². The van der Waals surface area contributed by atoms with Gasteiger partial charge in [0.1, 0.15) is 0 Å². The van der Waals surface area contributed by atoms with Gasteiger partial charge in [-0.3, -0.25) is 0 Å². The smallest absolute Gasteiger partial charge is 0.736 e. The van der Waals surface area contributed by atoms with Crippen LogP contribution in [0, 0.1) is 0 Å². The van der Waals surface area contributed by atoms with E-state index < -0.39 is 41.2 Å². The van der Waals surface area contributed by atoms with Crippen LogP contribution < -0.4 is 20.6 Å². The van der Waals surface area contributed by atoms with Crippen molar-refractivity contribution in [1.82, 2.24) is 0 Å². The van der Waals surface area contributed by atoms with E-state index in [1.54, 1.807) is 0 Å². The summed E-state index contributed by atoms with van der Waals surface area (Å²) < 4.78 is 106.